The zero-order valence-corrected chi connectivity index (χ0v) is 15.0. The second-order valence-electron chi connectivity index (χ2n) is 5.56. The first-order valence-corrected chi connectivity index (χ1v) is 8.18. The van der Waals surface area contributed by atoms with Crippen LogP contribution in [-0.2, 0) is 11.2 Å². The lowest BCUT2D eigenvalue weighted by Crippen LogP contribution is -2.05. The molecule has 0 fully saturated rings. The summed E-state index contributed by atoms with van der Waals surface area (Å²) in [5, 5.41) is 14.3. The van der Waals surface area contributed by atoms with Crippen LogP contribution in [-0.4, -0.2) is 35.1 Å². The van der Waals surface area contributed by atoms with Crippen LogP contribution in [0.4, 0.5) is 0 Å². The fourth-order valence-electron chi connectivity index (χ4n) is 2.70. The van der Waals surface area contributed by atoms with E-state index in [-0.39, 0.29) is 16.3 Å². The van der Waals surface area contributed by atoms with E-state index in [1.807, 2.05) is 36.5 Å². The largest absolute Gasteiger partial charge is 0.505 e. The molecule has 0 aliphatic carbocycles. The van der Waals surface area contributed by atoms with Gasteiger partial charge in [-0.1, -0.05) is 23.7 Å². The first-order valence-electron chi connectivity index (χ1n) is 7.80. The summed E-state index contributed by atoms with van der Waals surface area (Å²) in [5.41, 5.74) is 2.59. The zero-order chi connectivity index (χ0) is 18.7. The number of ether oxygens (including phenoxy) is 2. The van der Waals surface area contributed by atoms with E-state index in [0.717, 1.165) is 11.3 Å². The van der Waals surface area contributed by atoms with E-state index in [2.05, 4.69) is 5.10 Å². The van der Waals surface area contributed by atoms with Gasteiger partial charge in [-0.05, 0) is 29.8 Å². The molecule has 0 atom stereocenters. The van der Waals surface area contributed by atoms with Crippen LogP contribution in [0.15, 0.2) is 48.8 Å². The Morgan fingerprint density at radius 3 is 2.58 bits per heavy atom. The second kappa shape index (κ2) is 7.49. The van der Waals surface area contributed by atoms with Gasteiger partial charge in [-0.3, -0.25) is 0 Å². The molecule has 134 valence electrons. The van der Waals surface area contributed by atoms with Gasteiger partial charge in [0.25, 0.3) is 0 Å². The summed E-state index contributed by atoms with van der Waals surface area (Å²) in [4.78, 5) is 11.9. The number of phenols is 1. The van der Waals surface area contributed by atoms with Crippen LogP contribution in [0.5, 0.6) is 11.5 Å². The van der Waals surface area contributed by atoms with Gasteiger partial charge in [0.15, 0.2) is 5.75 Å². The molecular formula is C19H17ClN2O4. The fourth-order valence-corrected chi connectivity index (χ4v) is 3.00. The van der Waals surface area contributed by atoms with E-state index in [1.165, 1.54) is 20.3 Å². The number of halogens is 1. The molecule has 0 saturated heterocycles. The lowest BCUT2D eigenvalue weighted by Gasteiger charge is -2.14. The highest BCUT2D eigenvalue weighted by Crippen LogP contribution is 2.40. The van der Waals surface area contributed by atoms with Crippen LogP contribution in [0, 0.1) is 0 Å². The van der Waals surface area contributed by atoms with Gasteiger partial charge in [0.2, 0.25) is 0 Å². The van der Waals surface area contributed by atoms with Crippen molar-refractivity contribution >= 4 is 17.6 Å². The van der Waals surface area contributed by atoms with Gasteiger partial charge in [-0.2, -0.15) is 5.10 Å². The monoisotopic (exact) mass is 372 g/mol. The lowest BCUT2D eigenvalue weighted by molar-refractivity contribution is 0.0597. The molecule has 0 amide bonds. The van der Waals surface area contributed by atoms with Crippen molar-refractivity contribution < 1.29 is 19.4 Å². The Bertz CT molecular complexity index is 922. The van der Waals surface area contributed by atoms with Crippen LogP contribution >= 0.6 is 11.6 Å². The van der Waals surface area contributed by atoms with Gasteiger partial charge in [0, 0.05) is 24.4 Å². The summed E-state index contributed by atoms with van der Waals surface area (Å²) < 4.78 is 11.8. The summed E-state index contributed by atoms with van der Waals surface area (Å²) >= 11 is 6.17. The van der Waals surface area contributed by atoms with Gasteiger partial charge >= 0.3 is 5.97 Å². The standard InChI is InChI=1S/C19H17ClN2O4/c1-25-18-13(11-15(19(24)26-2)17(23)16(18)20)10-12-4-6-14(7-5-12)22-9-3-8-21-22/h3-9,11,23H,10H2,1-2H3. The Hall–Kier alpha value is -2.99. The maximum Gasteiger partial charge on any atom is 0.341 e. The van der Waals surface area contributed by atoms with Crippen molar-refractivity contribution in [2.75, 3.05) is 14.2 Å². The van der Waals surface area contributed by atoms with E-state index >= 15 is 0 Å². The number of phenolic OH excluding ortho intramolecular Hbond substituents is 1. The Kier molecular flexibility index (Phi) is 5.14. The molecule has 0 bridgehead atoms. The predicted octanol–water partition coefficient (Wildman–Crippen LogP) is 3.62. The summed E-state index contributed by atoms with van der Waals surface area (Å²) in [6.45, 7) is 0. The molecule has 0 spiro atoms. The number of aromatic nitrogens is 2. The summed E-state index contributed by atoms with van der Waals surface area (Å²) in [6, 6.07) is 11.2. The van der Waals surface area contributed by atoms with Crippen molar-refractivity contribution in [1.29, 1.82) is 0 Å². The number of benzene rings is 2. The van der Waals surface area contributed by atoms with Crippen LogP contribution in [0.2, 0.25) is 5.02 Å². The topological polar surface area (TPSA) is 73.6 Å². The maximum absolute atomic E-state index is 11.9. The second-order valence-corrected chi connectivity index (χ2v) is 5.94. The van der Waals surface area contributed by atoms with Crippen molar-refractivity contribution in [2.24, 2.45) is 0 Å². The highest BCUT2D eigenvalue weighted by molar-refractivity contribution is 6.34. The number of methoxy groups -OCH3 is 2. The van der Waals surface area contributed by atoms with Crippen molar-refractivity contribution in [2.45, 2.75) is 6.42 Å². The summed E-state index contributed by atoms with van der Waals surface area (Å²) in [5.74, 6) is -0.691. The van der Waals surface area contributed by atoms with Crippen LogP contribution in [0.1, 0.15) is 21.5 Å². The van der Waals surface area contributed by atoms with E-state index in [1.54, 1.807) is 10.9 Å². The molecule has 1 aromatic heterocycles. The van der Waals surface area contributed by atoms with E-state index in [4.69, 9.17) is 21.1 Å². The average molecular weight is 373 g/mol. The molecule has 2 aromatic carbocycles. The molecule has 0 unspecified atom stereocenters. The quantitative estimate of drug-likeness (QED) is 0.692. The normalized spacial score (nSPS) is 10.6. The molecule has 0 radical (unpaired) electrons. The molecule has 0 aliphatic rings. The molecule has 26 heavy (non-hydrogen) atoms. The van der Waals surface area contributed by atoms with Crippen LogP contribution in [0.25, 0.3) is 5.69 Å². The molecule has 0 aliphatic heterocycles. The van der Waals surface area contributed by atoms with Crippen LogP contribution < -0.4 is 4.74 Å². The number of nitrogens with zero attached hydrogens (tertiary/aromatic N) is 2. The maximum atomic E-state index is 11.9. The van der Waals surface area contributed by atoms with Crippen LogP contribution in [0.3, 0.4) is 0 Å². The summed E-state index contributed by atoms with van der Waals surface area (Å²) in [6.07, 6.45) is 4.04. The third-order valence-electron chi connectivity index (χ3n) is 3.98. The van der Waals surface area contributed by atoms with Crippen molar-refractivity contribution in [1.82, 2.24) is 9.78 Å². The van der Waals surface area contributed by atoms with E-state index in [0.29, 0.717) is 17.7 Å². The molecule has 6 nitrogen and oxygen atoms in total. The Balaban J connectivity index is 1.96. The number of hydrogen-bond acceptors (Lipinski definition) is 5. The van der Waals surface area contributed by atoms with Gasteiger partial charge in [-0.25, -0.2) is 9.48 Å². The van der Waals surface area contributed by atoms with Crippen molar-refractivity contribution in [3.8, 4) is 17.2 Å². The van der Waals surface area contributed by atoms with E-state index < -0.39 is 5.97 Å². The number of carbonyl (C=O) groups is 1. The summed E-state index contributed by atoms with van der Waals surface area (Å²) in [7, 11) is 2.70. The smallest absolute Gasteiger partial charge is 0.341 e. The van der Waals surface area contributed by atoms with Gasteiger partial charge < -0.3 is 14.6 Å². The molecular weight excluding hydrogens is 356 g/mol. The molecule has 1 N–H and O–H groups in total. The third kappa shape index (κ3) is 3.36. The number of hydrogen-bond donors (Lipinski definition) is 1. The fraction of sp³-hybridized carbons (Fsp3) is 0.158. The number of rotatable bonds is 5. The SMILES string of the molecule is COC(=O)c1cc(Cc2ccc(-n3cccn3)cc2)c(OC)c(Cl)c1O. The third-order valence-corrected chi connectivity index (χ3v) is 4.33. The highest BCUT2D eigenvalue weighted by atomic mass is 35.5. The molecule has 7 heteroatoms. The molecule has 0 saturated carbocycles. The Morgan fingerprint density at radius 1 is 1.27 bits per heavy atom. The molecule has 3 aromatic rings. The predicted molar refractivity (Wildman–Crippen MR) is 97.4 cm³/mol. The number of aromatic hydroxyl groups is 1. The van der Waals surface area contributed by atoms with Crippen molar-refractivity contribution in [3.05, 3.63) is 70.5 Å². The van der Waals surface area contributed by atoms with Gasteiger partial charge in [0.1, 0.15) is 16.3 Å². The van der Waals surface area contributed by atoms with E-state index in [9.17, 15) is 9.90 Å². The number of esters is 1. The minimum Gasteiger partial charge on any atom is -0.505 e. The first kappa shape index (κ1) is 17.8. The first-order chi connectivity index (χ1) is 12.5. The average Bonchev–Trinajstić information content (AvgIpc) is 3.19. The van der Waals surface area contributed by atoms with Gasteiger partial charge in [-0.15, -0.1) is 0 Å². The highest BCUT2D eigenvalue weighted by Gasteiger charge is 2.22. The Morgan fingerprint density at radius 2 is 2.00 bits per heavy atom. The lowest BCUT2D eigenvalue weighted by atomic mass is 10.0. The van der Waals surface area contributed by atoms with Crippen molar-refractivity contribution in [3.63, 3.8) is 0 Å². The molecule has 3 rings (SSSR count). The molecule has 1 heterocycles. The zero-order valence-electron chi connectivity index (χ0n) is 14.3. The minimum atomic E-state index is -0.665. The number of carbonyl (C=O) groups excluding carboxylic acids is 1. The van der Waals surface area contributed by atoms with Gasteiger partial charge in [0.05, 0.1) is 19.9 Å². The minimum absolute atomic E-state index is 0.00135. The Labute approximate surface area is 155 Å².